The fourth-order valence-corrected chi connectivity index (χ4v) is 7.08. The van der Waals surface area contributed by atoms with Crippen LogP contribution in [0.15, 0.2) is 12.2 Å². The van der Waals surface area contributed by atoms with Crippen LogP contribution >= 0.6 is 0 Å². The van der Waals surface area contributed by atoms with Crippen LogP contribution in [0.25, 0.3) is 0 Å². The third kappa shape index (κ3) is 6.99. The van der Waals surface area contributed by atoms with E-state index in [2.05, 4.69) is 11.3 Å². The Balaban J connectivity index is 6.06. The van der Waals surface area contributed by atoms with Crippen molar-refractivity contribution in [2.45, 2.75) is 35.3 Å². The zero-order valence-electron chi connectivity index (χ0n) is 16.9. The van der Waals surface area contributed by atoms with Crippen molar-refractivity contribution in [2.24, 2.45) is 0 Å². The minimum Gasteiger partial charge on any atom is -0.462 e. The normalized spacial score (nSPS) is 14.9. The van der Waals surface area contributed by atoms with Crippen molar-refractivity contribution in [3.05, 3.63) is 12.2 Å². The number of hydrogen-bond donors (Lipinski definition) is 2. The van der Waals surface area contributed by atoms with Gasteiger partial charge in [0.15, 0.2) is 0 Å². The Morgan fingerprint density at radius 2 is 1.14 bits per heavy atom. The molecule has 0 amide bonds. The topological polar surface area (TPSA) is 187 Å². The lowest BCUT2D eigenvalue weighted by Crippen LogP contribution is -2.65. The standard InChI is InChI=1S/C11H13F9N2O10S4/c1-6(2)7(23)32-4-3-5-33(24,25)21-34(26,27)9(14,15)8(12,13)10(16,17)35(28,29)22-36(30,31)11(18,19)20/h21-22H,1,3-5H2,2H3. The number of sulfonamides is 4. The second-order valence-electron chi connectivity index (χ2n) is 6.32. The summed E-state index contributed by atoms with van der Waals surface area (Å²) >= 11 is 0. The SMILES string of the molecule is C=C(C)C(=O)OCCCS(=O)(=O)NS(=O)(=O)C(F)(F)C(F)(F)C(F)(F)S(=O)(=O)NS(=O)(=O)C(F)(F)F. The molecule has 0 unspecified atom stereocenters. The molecule has 25 heteroatoms. The zero-order chi connectivity index (χ0) is 29.4. The number of hydrogen-bond acceptors (Lipinski definition) is 10. The molecule has 214 valence electrons. The van der Waals surface area contributed by atoms with Crippen molar-refractivity contribution in [3.8, 4) is 0 Å². The molecule has 0 aromatic heterocycles. The Morgan fingerprint density at radius 1 is 0.750 bits per heavy atom. The summed E-state index contributed by atoms with van der Waals surface area (Å²) in [6.45, 7) is 3.41. The number of nitrogens with one attached hydrogen (secondary N) is 2. The van der Waals surface area contributed by atoms with Crippen molar-refractivity contribution in [1.29, 1.82) is 0 Å². The summed E-state index contributed by atoms with van der Waals surface area (Å²) in [5, 5.41) is -15.0. The minimum absolute atomic E-state index is 0.104. The number of ether oxygens (including phenoxy) is 1. The van der Waals surface area contributed by atoms with Gasteiger partial charge in [0, 0.05) is 5.57 Å². The van der Waals surface area contributed by atoms with Crippen LogP contribution in [0.3, 0.4) is 0 Å². The molecular weight excluding hydrogens is 619 g/mol. The fraction of sp³-hybridized carbons (Fsp3) is 0.727. The first-order chi connectivity index (χ1) is 15.5. The number of carbonyl (C=O) groups is 1. The average Bonchev–Trinajstić information content (AvgIpc) is 2.61. The van der Waals surface area contributed by atoms with Gasteiger partial charge in [-0.2, -0.15) is 39.5 Å². The molecule has 0 atom stereocenters. The van der Waals surface area contributed by atoms with Gasteiger partial charge < -0.3 is 4.74 Å². The number of carbonyl (C=O) groups excluding carboxylic acids is 1. The molecule has 0 aliphatic heterocycles. The highest BCUT2D eigenvalue weighted by atomic mass is 32.3. The van der Waals surface area contributed by atoms with Crippen LogP contribution in [-0.4, -0.2) is 73.9 Å². The van der Waals surface area contributed by atoms with Crippen LogP contribution in [0.1, 0.15) is 13.3 Å². The molecule has 0 fully saturated rings. The second-order valence-corrected chi connectivity index (χ2v) is 13.8. The second kappa shape index (κ2) is 10.2. The zero-order valence-corrected chi connectivity index (χ0v) is 20.2. The molecule has 0 radical (unpaired) electrons. The van der Waals surface area contributed by atoms with Crippen molar-refractivity contribution >= 4 is 46.1 Å². The highest BCUT2D eigenvalue weighted by Gasteiger charge is 2.83. The summed E-state index contributed by atoms with van der Waals surface area (Å²) in [4.78, 5) is 11.1. The number of esters is 1. The number of halogens is 9. The first kappa shape index (κ1) is 34.3. The van der Waals surface area contributed by atoms with E-state index in [4.69, 9.17) is 0 Å². The molecule has 2 N–H and O–H groups in total. The molecule has 0 heterocycles. The first-order valence-electron chi connectivity index (χ1n) is 8.05. The maximum Gasteiger partial charge on any atom is 0.512 e. The van der Waals surface area contributed by atoms with Crippen molar-refractivity contribution in [3.63, 3.8) is 0 Å². The van der Waals surface area contributed by atoms with Gasteiger partial charge in [-0.15, -0.1) is 4.13 Å². The highest BCUT2D eigenvalue weighted by Crippen LogP contribution is 2.50. The summed E-state index contributed by atoms with van der Waals surface area (Å²) in [5.74, 6) is -10.5. The van der Waals surface area contributed by atoms with Crippen LogP contribution in [0.5, 0.6) is 0 Å². The van der Waals surface area contributed by atoms with E-state index < -0.39 is 90.9 Å². The monoisotopic (exact) mass is 632 g/mol. The fourth-order valence-electron chi connectivity index (χ4n) is 1.55. The molecule has 36 heavy (non-hydrogen) atoms. The van der Waals surface area contributed by atoms with E-state index in [1.807, 2.05) is 0 Å². The Morgan fingerprint density at radius 3 is 1.50 bits per heavy atom. The van der Waals surface area contributed by atoms with Crippen LogP contribution in [0.4, 0.5) is 39.5 Å². The Bertz CT molecular complexity index is 1300. The molecule has 0 aliphatic carbocycles. The Kier molecular flexibility index (Phi) is 9.74. The van der Waals surface area contributed by atoms with Gasteiger partial charge in [0.2, 0.25) is 10.0 Å². The molecule has 0 bridgehead atoms. The summed E-state index contributed by atoms with van der Waals surface area (Å²) in [6.07, 6.45) is -0.893. The largest absolute Gasteiger partial charge is 0.512 e. The van der Waals surface area contributed by atoms with Crippen molar-refractivity contribution in [2.75, 3.05) is 12.4 Å². The first-order valence-corrected chi connectivity index (χ1v) is 14.2. The van der Waals surface area contributed by atoms with Gasteiger partial charge in [-0.05, 0) is 13.3 Å². The number of alkyl halides is 9. The molecule has 0 aromatic rings. The third-order valence-electron chi connectivity index (χ3n) is 3.31. The van der Waals surface area contributed by atoms with E-state index in [1.165, 1.54) is 0 Å². The Hall–Kier alpha value is -1.70. The molecule has 0 rings (SSSR count). The van der Waals surface area contributed by atoms with Gasteiger partial charge in [0.1, 0.15) is 0 Å². The Labute approximate surface area is 197 Å². The van der Waals surface area contributed by atoms with Gasteiger partial charge in [0.25, 0.3) is 20.0 Å². The van der Waals surface area contributed by atoms with Crippen LogP contribution in [-0.2, 0) is 49.6 Å². The molecule has 0 aromatic carbocycles. The van der Waals surface area contributed by atoms with E-state index in [0.717, 1.165) is 6.92 Å². The van der Waals surface area contributed by atoms with Crippen LogP contribution in [0.2, 0.25) is 0 Å². The molecule has 0 spiro atoms. The molecule has 12 nitrogen and oxygen atoms in total. The van der Waals surface area contributed by atoms with Crippen molar-refractivity contribution in [1.82, 2.24) is 8.25 Å². The summed E-state index contributed by atoms with van der Waals surface area (Å²) < 4.78 is 212. The lowest BCUT2D eigenvalue weighted by atomic mass is 10.3. The lowest BCUT2D eigenvalue weighted by molar-refractivity contribution is -0.244. The van der Waals surface area contributed by atoms with Crippen LogP contribution < -0.4 is 8.25 Å². The molecule has 0 saturated carbocycles. The average molecular weight is 632 g/mol. The molecular formula is C11H13F9N2O10S4. The lowest BCUT2D eigenvalue weighted by Gasteiger charge is -2.31. The van der Waals surface area contributed by atoms with Crippen molar-refractivity contribution < 1.29 is 82.7 Å². The van der Waals surface area contributed by atoms with E-state index in [9.17, 15) is 78.0 Å². The third-order valence-corrected chi connectivity index (χ3v) is 10.3. The van der Waals surface area contributed by atoms with Gasteiger partial charge in [-0.1, -0.05) is 10.7 Å². The molecule has 0 aliphatic rings. The van der Waals surface area contributed by atoms with E-state index in [1.54, 1.807) is 0 Å². The predicted octanol–water partition coefficient (Wildman–Crippen LogP) is 0.335. The molecule has 0 saturated heterocycles. The number of rotatable bonds is 13. The highest BCUT2D eigenvalue weighted by molar-refractivity contribution is 8.06. The van der Waals surface area contributed by atoms with Gasteiger partial charge >= 0.3 is 37.9 Å². The maximum absolute atomic E-state index is 13.9. The summed E-state index contributed by atoms with van der Waals surface area (Å²) in [5.41, 5.74) is -6.94. The van der Waals surface area contributed by atoms with Crippen LogP contribution in [0, 0.1) is 0 Å². The van der Waals surface area contributed by atoms with E-state index in [-0.39, 0.29) is 9.70 Å². The van der Waals surface area contributed by atoms with Gasteiger partial charge in [-0.3, -0.25) is 0 Å². The van der Waals surface area contributed by atoms with E-state index in [0.29, 0.717) is 0 Å². The van der Waals surface area contributed by atoms with Gasteiger partial charge in [-0.25, -0.2) is 38.5 Å². The van der Waals surface area contributed by atoms with E-state index >= 15 is 0 Å². The predicted molar refractivity (Wildman–Crippen MR) is 98.1 cm³/mol. The minimum atomic E-state index is -8.00. The summed E-state index contributed by atoms with van der Waals surface area (Å²) in [6, 6.07) is 0. The maximum atomic E-state index is 13.9. The smallest absolute Gasteiger partial charge is 0.462 e. The quantitative estimate of drug-likeness (QED) is 0.124. The van der Waals surface area contributed by atoms with Gasteiger partial charge in [0.05, 0.1) is 12.4 Å². The summed E-state index contributed by atoms with van der Waals surface area (Å²) in [7, 11) is -28.6.